The third-order valence-corrected chi connectivity index (χ3v) is 4.21. The average molecular weight is 320 g/mol. The molecule has 0 saturated carbocycles. The number of piperazine rings is 1. The van der Waals surface area contributed by atoms with Crippen molar-refractivity contribution in [2.75, 3.05) is 53.0 Å². The van der Waals surface area contributed by atoms with E-state index in [1.165, 1.54) is 0 Å². The second-order valence-corrected chi connectivity index (χ2v) is 5.93. The second-order valence-electron chi connectivity index (χ2n) is 5.93. The predicted octanol–water partition coefficient (Wildman–Crippen LogP) is 2.22. The lowest BCUT2D eigenvalue weighted by atomic mass is 10.0. The van der Waals surface area contributed by atoms with Crippen molar-refractivity contribution in [3.8, 4) is 11.5 Å². The molecule has 0 spiro atoms. The fourth-order valence-corrected chi connectivity index (χ4v) is 2.83. The van der Waals surface area contributed by atoms with Crippen molar-refractivity contribution in [1.29, 1.82) is 0 Å². The maximum atomic E-state index is 12.7. The Morgan fingerprint density at radius 1 is 1.09 bits per heavy atom. The van der Waals surface area contributed by atoms with Crippen LogP contribution in [0.5, 0.6) is 11.5 Å². The molecule has 0 bridgehead atoms. The summed E-state index contributed by atoms with van der Waals surface area (Å²) in [6.45, 7) is 11.3. The summed E-state index contributed by atoms with van der Waals surface area (Å²) in [5.41, 5.74) is 1.56. The van der Waals surface area contributed by atoms with Gasteiger partial charge in [-0.15, -0.1) is 0 Å². The lowest BCUT2D eigenvalue weighted by molar-refractivity contribution is 0.0872. The second kappa shape index (κ2) is 8.31. The Balaban J connectivity index is 2.16. The molecule has 1 aliphatic heterocycles. The van der Waals surface area contributed by atoms with Gasteiger partial charge in [-0.2, -0.15) is 0 Å². The monoisotopic (exact) mass is 320 g/mol. The van der Waals surface area contributed by atoms with Crippen LogP contribution in [0.2, 0.25) is 0 Å². The summed E-state index contributed by atoms with van der Waals surface area (Å²) in [6, 6.07) is 3.71. The molecule has 0 unspecified atom stereocenters. The SMILES string of the molecule is CCOc1ccc(C(=O)CN2CCN(C)CC2)c(OCC)c1C. The van der Waals surface area contributed by atoms with Crippen molar-refractivity contribution in [3.63, 3.8) is 0 Å². The van der Waals surface area contributed by atoms with Gasteiger partial charge in [-0.25, -0.2) is 0 Å². The summed E-state index contributed by atoms with van der Waals surface area (Å²) < 4.78 is 11.4. The first-order chi connectivity index (χ1) is 11.1. The van der Waals surface area contributed by atoms with Gasteiger partial charge < -0.3 is 14.4 Å². The summed E-state index contributed by atoms with van der Waals surface area (Å²) in [4.78, 5) is 17.2. The first-order valence-electron chi connectivity index (χ1n) is 8.40. The minimum absolute atomic E-state index is 0.115. The summed E-state index contributed by atoms with van der Waals surface area (Å²) in [6.07, 6.45) is 0. The number of Topliss-reactive ketones (excluding diaryl/α,β-unsaturated/α-hetero) is 1. The van der Waals surface area contributed by atoms with Crippen LogP contribution in [0.3, 0.4) is 0 Å². The van der Waals surface area contributed by atoms with Crippen LogP contribution >= 0.6 is 0 Å². The maximum Gasteiger partial charge on any atom is 0.180 e. The standard InChI is InChI=1S/C18H28N2O3/c1-5-22-17-8-7-15(18(14(17)3)23-6-2)16(21)13-20-11-9-19(4)10-12-20/h7-8H,5-6,9-13H2,1-4H3. The van der Waals surface area contributed by atoms with Crippen LogP contribution in [0.1, 0.15) is 29.8 Å². The zero-order valence-corrected chi connectivity index (χ0v) is 14.7. The van der Waals surface area contributed by atoms with Gasteiger partial charge in [0.1, 0.15) is 11.5 Å². The van der Waals surface area contributed by atoms with Gasteiger partial charge in [-0.3, -0.25) is 9.69 Å². The highest BCUT2D eigenvalue weighted by atomic mass is 16.5. The molecule has 0 N–H and O–H groups in total. The Bertz CT molecular complexity index is 537. The Labute approximate surface area is 139 Å². The van der Waals surface area contributed by atoms with Gasteiger partial charge in [0.25, 0.3) is 0 Å². The molecule has 1 saturated heterocycles. The van der Waals surface area contributed by atoms with Gasteiger partial charge in [0.15, 0.2) is 5.78 Å². The molecule has 2 rings (SSSR count). The van der Waals surface area contributed by atoms with Crippen LogP contribution < -0.4 is 9.47 Å². The molecule has 5 nitrogen and oxygen atoms in total. The van der Waals surface area contributed by atoms with Gasteiger partial charge in [0.05, 0.1) is 25.3 Å². The first kappa shape index (κ1) is 17.8. The number of benzene rings is 1. The van der Waals surface area contributed by atoms with E-state index in [1.807, 2.05) is 32.9 Å². The normalized spacial score (nSPS) is 16.3. The molecule has 0 atom stereocenters. The molecule has 0 aromatic heterocycles. The van der Waals surface area contributed by atoms with E-state index >= 15 is 0 Å². The molecular weight excluding hydrogens is 292 g/mol. The first-order valence-corrected chi connectivity index (χ1v) is 8.40. The number of ketones is 1. The van der Waals surface area contributed by atoms with E-state index in [9.17, 15) is 4.79 Å². The summed E-state index contributed by atoms with van der Waals surface area (Å²) >= 11 is 0. The molecule has 23 heavy (non-hydrogen) atoms. The van der Waals surface area contributed by atoms with Gasteiger partial charge >= 0.3 is 0 Å². The van der Waals surface area contributed by atoms with Crippen LogP contribution in [0.15, 0.2) is 12.1 Å². The van der Waals surface area contributed by atoms with Gasteiger partial charge in [0, 0.05) is 31.7 Å². The molecule has 1 aromatic rings. The van der Waals surface area contributed by atoms with E-state index in [1.54, 1.807) is 0 Å². The third-order valence-electron chi connectivity index (χ3n) is 4.21. The number of hydrogen-bond donors (Lipinski definition) is 0. The molecule has 128 valence electrons. The molecule has 1 heterocycles. The lowest BCUT2D eigenvalue weighted by Gasteiger charge is -2.31. The molecule has 1 aliphatic rings. The highest BCUT2D eigenvalue weighted by Crippen LogP contribution is 2.32. The minimum atomic E-state index is 0.115. The van der Waals surface area contributed by atoms with Crippen molar-refractivity contribution in [1.82, 2.24) is 9.80 Å². The largest absolute Gasteiger partial charge is 0.493 e. The highest BCUT2D eigenvalue weighted by molar-refractivity contribution is 6.00. The zero-order valence-electron chi connectivity index (χ0n) is 14.7. The molecule has 0 aliphatic carbocycles. The quantitative estimate of drug-likeness (QED) is 0.721. The fourth-order valence-electron chi connectivity index (χ4n) is 2.83. The molecule has 1 fully saturated rings. The van der Waals surface area contributed by atoms with Crippen molar-refractivity contribution in [3.05, 3.63) is 23.3 Å². The van der Waals surface area contributed by atoms with Gasteiger partial charge in [-0.1, -0.05) is 0 Å². The maximum absolute atomic E-state index is 12.7. The van der Waals surface area contributed by atoms with E-state index in [0.717, 1.165) is 37.5 Å². The van der Waals surface area contributed by atoms with Crippen LogP contribution in [-0.4, -0.2) is 68.6 Å². The van der Waals surface area contributed by atoms with E-state index < -0.39 is 0 Å². The Morgan fingerprint density at radius 2 is 1.74 bits per heavy atom. The number of rotatable bonds is 7. The summed E-state index contributed by atoms with van der Waals surface area (Å²) in [5, 5.41) is 0. The summed E-state index contributed by atoms with van der Waals surface area (Å²) in [7, 11) is 2.11. The summed E-state index contributed by atoms with van der Waals surface area (Å²) in [5.74, 6) is 1.56. The van der Waals surface area contributed by atoms with E-state index in [2.05, 4.69) is 16.8 Å². The topological polar surface area (TPSA) is 42.0 Å². The molecular formula is C18H28N2O3. The number of carbonyl (C=O) groups is 1. The third kappa shape index (κ3) is 4.45. The minimum Gasteiger partial charge on any atom is -0.493 e. The molecule has 1 aromatic carbocycles. The van der Waals surface area contributed by atoms with E-state index in [4.69, 9.17) is 9.47 Å². The molecule has 5 heteroatoms. The molecule has 0 radical (unpaired) electrons. The number of hydrogen-bond acceptors (Lipinski definition) is 5. The van der Waals surface area contributed by atoms with Crippen LogP contribution in [-0.2, 0) is 0 Å². The highest BCUT2D eigenvalue weighted by Gasteiger charge is 2.22. The predicted molar refractivity (Wildman–Crippen MR) is 91.8 cm³/mol. The van der Waals surface area contributed by atoms with Crippen LogP contribution in [0.4, 0.5) is 0 Å². The van der Waals surface area contributed by atoms with Crippen LogP contribution in [0.25, 0.3) is 0 Å². The smallest absolute Gasteiger partial charge is 0.180 e. The van der Waals surface area contributed by atoms with Crippen molar-refractivity contribution in [2.24, 2.45) is 0 Å². The Hall–Kier alpha value is -1.59. The number of carbonyl (C=O) groups excluding carboxylic acids is 1. The van der Waals surface area contributed by atoms with E-state index in [0.29, 0.717) is 31.1 Å². The lowest BCUT2D eigenvalue weighted by Crippen LogP contribution is -2.46. The van der Waals surface area contributed by atoms with Gasteiger partial charge in [-0.05, 0) is 40.0 Å². The fraction of sp³-hybridized carbons (Fsp3) is 0.611. The Morgan fingerprint density at radius 3 is 2.35 bits per heavy atom. The van der Waals surface area contributed by atoms with Gasteiger partial charge in [0.2, 0.25) is 0 Å². The van der Waals surface area contributed by atoms with Crippen molar-refractivity contribution in [2.45, 2.75) is 20.8 Å². The van der Waals surface area contributed by atoms with Crippen molar-refractivity contribution < 1.29 is 14.3 Å². The zero-order chi connectivity index (χ0) is 16.8. The number of likely N-dealkylation sites (N-methyl/N-ethyl adjacent to an activating group) is 1. The van der Waals surface area contributed by atoms with Crippen LogP contribution in [0, 0.1) is 6.92 Å². The number of ether oxygens (including phenoxy) is 2. The Kier molecular flexibility index (Phi) is 6.42. The van der Waals surface area contributed by atoms with E-state index in [-0.39, 0.29) is 5.78 Å². The molecule has 0 amide bonds. The average Bonchev–Trinajstić information content (AvgIpc) is 2.54. The number of nitrogens with zero attached hydrogens (tertiary/aromatic N) is 2. The van der Waals surface area contributed by atoms with Crippen molar-refractivity contribution >= 4 is 5.78 Å².